The molecular weight excluding hydrogens is 923 g/mol. The van der Waals surface area contributed by atoms with Gasteiger partial charge >= 0.3 is 36.6 Å². The summed E-state index contributed by atoms with van der Waals surface area (Å²) in [5.74, 6) is 0.140. The van der Waals surface area contributed by atoms with E-state index in [-0.39, 0.29) is 73.6 Å². The van der Waals surface area contributed by atoms with Gasteiger partial charge in [-0.1, -0.05) is 21.3 Å². The van der Waals surface area contributed by atoms with Crippen LogP contribution < -0.4 is 0 Å². The maximum atomic E-state index is 12.2. The van der Waals surface area contributed by atoms with Gasteiger partial charge in [0.1, 0.15) is 22.6 Å². The Morgan fingerprint density at radius 1 is 0.672 bits per heavy atom. The van der Waals surface area contributed by atoms with Crippen LogP contribution in [0.5, 0.6) is 0 Å². The van der Waals surface area contributed by atoms with Gasteiger partial charge in [0.25, 0.3) is 0 Å². The van der Waals surface area contributed by atoms with E-state index in [9.17, 15) is 24.0 Å². The maximum absolute atomic E-state index is 12.2. The van der Waals surface area contributed by atoms with Crippen molar-refractivity contribution < 1.29 is 62.1 Å². The zero-order valence-electron chi connectivity index (χ0n) is 41.6. The number of amides is 3. The van der Waals surface area contributed by atoms with Crippen molar-refractivity contribution in [2.24, 2.45) is 0 Å². The van der Waals surface area contributed by atoms with Gasteiger partial charge in [-0.25, -0.2) is 14.4 Å². The van der Waals surface area contributed by atoms with Crippen LogP contribution >= 0.6 is 35.3 Å². The molecule has 0 aliphatic carbocycles. The number of rotatable bonds is 4. The summed E-state index contributed by atoms with van der Waals surface area (Å²) in [6.45, 7) is 31.5. The summed E-state index contributed by atoms with van der Waals surface area (Å²) in [5, 5.41) is 0. The number of hydrogen-bond acceptors (Lipinski definition) is 16. The first-order valence-corrected chi connectivity index (χ1v) is 24.3. The second kappa shape index (κ2) is 30.8. The molecule has 5 rings (SSSR count). The molecule has 3 atom stereocenters. The van der Waals surface area contributed by atoms with E-state index in [1.807, 2.05) is 102 Å². The highest BCUT2D eigenvalue weighted by molar-refractivity contribution is 7.81. The predicted molar refractivity (Wildman–Crippen MR) is 261 cm³/mol. The molecule has 0 bridgehead atoms. The lowest BCUT2D eigenvalue weighted by atomic mass is 10.0. The van der Waals surface area contributed by atoms with Crippen molar-refractivity contribution in [2.75, 3.05) is 25.4 Å². The summed E-state index contributed by atoms with van der Waals surface area (Å²) < 4.78 is 20.7. The van der Waals surface area contributed by atoms with E-state index in [1.165, 1.54) is 30.6 Å². The van der Waals surface area contributed by atoms with Crippen LogP contribution in [0.1, 0.15) is 161 Å². The lowest BCUT2D eigenvalue weighted by molar-refractivity contribution is -0.193. The van der Waals surface area contributed by atoms with Crippen molar-refractivity contribution in [1.82, 2.24) is 14.7 Å². The number of likely N-dealkylation sites (tertiary alicyclic amines) is 1. The molecule has 1 fully saturated rings. The number of aryl methyl sites for hydroxylation is 2. The number of thiol groups is 1. The van der Waals surface area contributed by atoms with E-state index in [1.54, 1.807) is 11.8 Å². The summed E-state index contributed by atoms with van der Waals surface area (Å²) in [6, 6.07) is 4.78. The normalized spacial score (nSPS) is 17.1. The molecule has 1 saturated heterocycles. The molecule has 16 nitrogen and oxygen atoms in total. The van der Waals surface area contributed by atoms with Gasteiger partial charge in [0.15, 0.2) is 0 Å². The summed E-state index contributed by atoms with van der Waals surface area (Å²) in [7, 11) is 0. The van der Waals surface area contributed by atoms with Gasteiger partial charge < -0.3 is 33.6 Å². The Balaban J connectivity index is 0. The zero-order valence-corrected chi connectivity index (χ0v) is 44.1. The molecule has 2 aromatic heterocycles. The van der Waals surface area contributed by atoms with Gasteiger partial charge in [-0.05, 0) is 133 Å². The molecule has 3 aliphatic heterocycles. The number of ether oxygens (including phenoxy) is 4. The fourth-order valence-corrected chi connectivity index (χ4v) is 8.99. The van der Waals surface area contributed by atoms with Crippen molar-refractivity contribution in [1.29, 1.82) is 0 Å². The Bertz CT molecular complexity index is 1890. The maximum Gasteiger partial charge on any atom is 0.410 e. The van der Waals surface area contributed by atoms with Crippen molar-refractivity contribution in [3.63, 3.8) is 0 Å². The number of piperidine rings is 1. The first-order valence-electron chi connectivity index (χ1n) is 22.0. The summed E-state index contributed by atoms with van der Waals surface area (Å²) in [6.07, 6.45) is 4.70. The average molecular weight is 1000 g/mol. The van der Waals surface area contributed by atoms with Crippen LogP contribution in [-0.4, -0.2) is 111 Å². The van der Waals surface area contributed by atoms with Crippen molar-refractivity contribution >= 4 is 77.6 Å². The molecule has 380 valence electrons. The molecule has 3 aliphatic rings. The van der Waals surface area contributed by atoms with Crippen LogP contribution in [0.3, 0.4) is 0 Å². The number of esters is 1. The quantitative estimate of drug-likeness (QED) is 0.173. The molecule has 3 amide bonds. The SMILES string of the molecule is C.CC1CC(=O)CCN1C(=O)OC(C)(C)C.CCOC(=O)CS.CCc1cc2c(s1)CC(C)N(C(=O)OC(C)(C)C)C2.CCc1cc2c(s1)CCN(C(=O)OC(C)(C)C)C2C.O=C=O.O=C=O. The molecular formula is C48H77N3O13S3. The van der Waals surface area contributed by atoms with Crippen molar-refractivity contribution in [2.45, 2.75) is 191 Å². The van der Waals surface area contributed by atoms with E-state index in [4.69, 9.17) is 33.4 Å². The number of fused-ring (bicyclic) bond motifs is 2. The minimum absolute atomic E-state index is 0. The number of nitrogens with zero attached hydrogens (tertiary/aromatic N) is 3. The van der Waals surface area contributed by atoms with Gasteiger partial charge in [0.2, 0.25) is 0 Å². The molecule has 5 heterocycles. The Morgan fingerprint density at radius 2 is 1.09 bits per heavy atom. The summed E-state index contributed by atoms with van der Waals surface area (Å²) in [5.41, 5.74) is 1.27. The summed E-state index contributed by atoms with van der Waals surface area (Å²) >= 11 is 7.45. The zero-order chi connectivity index (χ0) is 51.2. The van der Waals surface area contributed by atoms with Crippen LogP contribution in [0.25, 0.3) is 0 Å². The molecule has 0 spiro atoms. The largest absolute Gasteiger partial charge is 0.465 e. The van der Waals surface area contributed by atoms with Crippen molar-refractivity contribution in [3.05, 3.63) is 42.8 Å². The highest BCUT2D eigenvalue weighted by Gasteiger charge is 2.34. The van der Waals surface area contributed by atoms with Gasteiger partial charge in [-0.15, -0.1) is 22.7 Å². The third kappa shape index (κ3) is 24.9. The molecule has 2 aromatic rings. The van der Waals surface area contributed by atoms with Crippen LogP contribution in [0.4, 0.5) is 14.4 Å². The fourth-order valence-electron chi connectivity index (χ4n) is 6.47. The number of hydrogen-bond donors (Lipinski definition) is 1. The smallest absolute Gasteiger partial charge is 0.410 e. The highest BCUT2D eigenvalue weighted by atomic mass is 32.1. The van der Waals surface area contributed by atoms with E-state index in [2.05, 4.69) is 57.2 Å². The number of thiophene rings is 2. The predicted octanol–water partition coefficient (Wildman–Crippen LogP) is 10.1. The summed E-state index contributed by atoms with van der Waals surface area (Å²) in [4.78, 5) is 101. The van der Waals surface area contributed by atoms with Crippen LogP contribution in [0, 0.1) is 0 Å². The first kappa shape index (κ1) is 64.5. The van der Waals surface area contributed by atoms with Crippen LogP contribution in [0.2, 0.25) is 0 Å². The molecule has 67 heavy (non-hydrogen) atoms. The minimum atomic E-state index is -0.474. The topological polar surface area (TPSA) is 200 Å². The Morgan fingerprint density at radius 3 is 1.51 bits per heavy atom. The van der Waals surface area contributed by atoms with E-state index in [0.29, 0.717) is 32.5 Å². The Hall–Kier alpha value is -4.54. The highest BCUT2D eigenvalue weighted by Crippen LogP contribution is 2.36. The molecule has 0 saturated carbocycles. The monoisotopic (exact) mass is 999 g/mol. The molecule has 0 radical (unpaired) electrons. The Kier molecular flexibility index (Phi) is 29.6. The van der Waals surface area contributed by atoms with Gasteiger partial charge in [0.05, 0.1) is 24.9 Å². The standard InChI is InChI=1S/2C15H23NO2S.C11H19NO3.C4H8O2S.2CO2.CH4/c1-6-12-8-11-9-16(10(2)7-13(11)19-12)14(17)18-15(3,4)5;1-6-11-9-12-10(2)16(8-7-13(12)19-11)14(17)18-15(3,4)5;1-8-7-9(13)5-6-12(8)10(14)15-11(2,3)4;1-2-6-4(5)3-7;2*2-1-3;/h8,10H,6-7,9H2,1-5H3;9-10H,6-8H2,1-5H3;8H,5-7H2,1-4H3;7H,2-3H2,1H3;;;1H4. The number of Topliss-reactive ketones (excluding diaryl/α,β-unsaturated/α-hetero) is 1. The lowest BCUT2D eigenvalue weighted by Crippen LogP contribution is -2.46. The molecule has 0 N–H and O–H groups in total. The first-order chi connectivity index (χ1) is 30.5. The number of carbonyl (C=O) groups is 5. The fraction of sp³-hybridized carbons (Fsp3) is 0.688. The second-order valence-electron chi connectivity index (χ2n) is 18.4. The van der Waals surface area contributed by atoms with Crippen LogP contribution in [0.15, 0.2) is 12.1 Å². The molecule has 3 unspecified atom stereocenters. The molecule has 0 aromatic carbocycles. The Labute approximate surface area is 412 Å². The van der Waals surface area contributed by atoms with E-state index >= 15 is 0 Å². The van der Waals surface area contributed by atoms with Gasteiger partial charge in [-0.3, -0.25) is 9.59 Å². The van der Waals surface area contributed by atoms with E-state index in [0.717, 1.165) is 32.2 Å². The second-order valence-corrected chi connectivity index (χ2v) is 21.1. The van der Waals surface area contributed by atoms with Gasteiger partial charge in [-0.2, -0.15) is 31.8 Å². The minimum Gasteiger partial charge on any atom is -0.465 e. The van der Waals surface area contributed by atoms with Crippen LogP contribution in [-0.2, 0) is 79.9 Å². The average Bonchev–Trinajstić information content (AvgIpc) is 3.81. The number of carbonyl (C=O) groups excluding carboxylic acids is 9. The third-order valence-electron chi connectivity index (χ3n) is 9.39. The van der Waals surface area contributed by atoms with Gasteiger partial charge in [0, 0.05) is 63.9 Å². The van der Waals surface area contributed by atoms with Crippen molar-refractivity contribution in [3.8, 4) is 0 Å². The lowest BCUT2D eigenvalue weighted by Gasteiger charge is -2.34. The third-order valence-corrected chi connectivity index (χ3v) is 12.4. The molecule has 19 heteroatoms. The van der Waals surface area contributed by atoms with E-state index < -0.39 is 16.8 Å². The number of ketones is 1.